The van der Waals surface area contributed by atoms with Crippen LogP contribution in [0.4, 0.5) is 0 Å². The molecule has 0 aromatic heterocycles. The Morgan fingerprint density at radius 2 is 1.91 bits per heavy atom. The van der Waals surface area contributed by atoms with Crippen molar-refractivity contribution < 1.29 is 18.9 Å². The Morgan fingerprint density at radius 1 is 1.22 bits per heavy atom. The van der Waals surface area contributed by atoms with Crippen LogP contribution in [-0.4, -0.2) is 42.2 Å². The second kappa shape index (κ2) is 6.95. The molecule has 2 heterocycles. The topological polar surface area (TPSA) is 36.9 Å². The molecule has 2 aliphatic heterocycles. The van der Waals surface area contributed by atoms with Crippen molar-refractivity contribution in [3.05, 3.63) is 43.0 Å². The molecule has 1 aromatic carbocycles. The second-order valence-corrected chi connectivity index (χ2v) is 7.46. The van der Waals surface area contributed by atoms with Gasteiger partial charge in [0.1, 0.15) is 23.7 Å². The fourth-order valence-electron chi connectivity index (χ4n) is 3.05. The molecule has 0 unspecified atom stereocenters. The van der Waals surface area contributed by atoms with Crippen molar-refractivity contribution in [2.24, 2.45) is 0 Å². The summed E-state index contributed by atoms with van der Waals surface area (Å²) in [6.45, 7) is 10.1. The van der Waals surface area contributed by atoms with E-state index in [1.807, 2.05) is 39.0 Å². The molecule has 126 valence electrons. The minimum Gasteiger partial charge on any atom is -0.369 e. The molecule has 0 bridgehead atoms. The monoisotopic (exact) mass is 336 g/mol. The number of fused-ring (bicyclic) bond motifs is 1. The van der Waals surface area contributed by atoms with Crippen LogP contribution in [0, 0.1) is 0 Å². The minimum atomic E-state index is -0.631. The van der Waals surface area contributed by atoms with E-state index < -0.39 is 5.79 Å². The summed E-state index contributed by atoms with van der Waals surface area (Å²) < 4.78 is 24.3. The van der Waals surface area contributed by atoms with E-state index in [1.165, 1.54) is 0 Å². The van der Waals surface area contributed by atoms with Gasteiger partial charge in [-0.25, -0.2) is 0 Å². The Balaban J connectivity index is 1.79. The summed E-state index contributed by atoms with van der Waals surface area (Å²) in [6, 6.07) is 10.2. The van der Waals surface area contributed by atoms with Crippen LogP contribution in [0.3, 0.4) is 0 Å². The van der Waals surface area contributed by atoms with E-state index in [4.69, 9.17) is 18.9 Å². The number of benzene rings is 1. The molecule has 0 saturated carbocycles. The lowest BCUT2D eigenvalue weighted by molar-refractivity contribution is -0.175. The van der Waals surface area contributed by atoms with Crippen molar-refractivity contribution in [3.8, 4) is 0 Å². The van der Waals surface area contributed by atoms with Crippen LogP contribution in [0.2, 0.25) is 0 Å². The van der Waals surface area contributed by atoms with Gasteiger partial charge in [0.15, 0.2) is 5.79 Å². The number of hydrogen-bond donors (Lipinski definition) is 0. The minimum absolute atomic E-state index is 0.0742. The summed E-state index contributed by atoms with van der Waals surface area (Å²) in [5.41, 5.74) is -0.122. The Labute approximate surface area is 142 Å². The van der Waals surface area contributed by atoms with Gasteiger partial charge < -0.3 is 18.9 Å². The van der Waals surface area contributed by atoms with E-state index >= 15 is 0 Å². The Hall–Kier alpha value is -0.850. The fourth-order valence-corrected chi connectivity index (χ4v) is 4.21. The van der Waals surface area contributed by atoms with Crippen LogP contribution in [0.5, 0.6) is 0 Å². The summed E-state index contributed by atoms with van der Waals surface area (Å²) >= 11 is 1.67. The highest BCUT2D eigenvalue weighted by Gasteiger charge is 2.54. The largest absolute Gasteiger partial charge is 0.369 e. The number of ether oxygens (including phenoxy) is 4. The average Bonchev–Trinajstić information content (AvgIpc) is 2.83. The van der Waals surface area contributed by atoms with Gasteiger partial charge in [-0.3, -0.25) is 0 Å². The standard InChI is InChI=1S/C18H24O4S/c1-5-11-19-14-12(2)20-17(23-13-9-7-6-8-10-13)16-15(14)21-18(3,4)22-16/h5-10,12,14-17H,1,11H2,2-4H3/t12-,14-,15+,16+,17-/m0/s1. The molecule has 0 spiro atoms. The third-order valence-electron chi connectivity index (χ3n) is 3.97. The smallest absolute Gasteiger partial charge is 0.164 e. The molecule has 2 fully saturated rings. The highest BCUT2D eigenvalue weighted by molar-refractivity contribution is 7.99. The molecule has 3 rings (SSSR count). The van der Waals surface area contributed by atoms with Crippen molar-refractivity contribution in [3.63, 3.8) is 0 Å². The molecular weight excluding hydrogens is 312 g/mol. The van der Waals surface area contributed by atoms with Crippen LogP contribution in [0.15, 0.2) is 47.9 Å². The zero-order valence-electron chi connectivity index (χ0n) is 13.8. The van der Waals surface area contributed by atoms with Gasteiger partial charge in [-0.15, -0.1) is 6.58 Å². The van der Waals surface area contributed by atoms with E-state index in [-0.39, 0.29) is 29.9 Å². The number of hydrogen-bond acceptors (Lipinski definition) is 5. The van der Waals surface area contributed by atoms with Gasteiger partial charge >= 0.3 is 0 Å². The summed E-state index contributed by atoms with van der Waals surface area (Å²) in [7, 11) is 0. The first-order valence-electron chi connectivity index (χ1n) is 7.95. The summed E-state index contributed by atoms with van der Waals surface area (Å²) in [5, 5.41) is 0. The van der Waals surface area contributed by atoms with Crippen LogP contribution >= 0.6 is 11.8 Å². The molecule has 1 aromatic rings. The van der Waals surface area contributed by atoms with Gasteiger partial charge in [-0.1, -0.05) is 36.0 Å². The normalized spacial score (nSPS) is 35.7. The van der Waals surface area contributed by atoms with E-state index in [0.717, 1.165) is 4.90 Å². The van der Waals surface area contributed by atoms with E-state index in [1.54, 1.807) is 17.8 Å². The van der Waals surface area contributed by atoms with Crippen LogP contribution in [0.25, 0.3) is 0 Å². The molecule has 0 radical (unpaired) electrons. The summed E-state index contributed by atoms with van der Waals surface area (Å²) in [6.07, 6.45) is 1.20. The van der Waals surface area contributed by atoms with Crippen molar-refractivity contribution >= 4 is 11.8 Å². The third-order valence-corrected chi connectivity index (χ3v) is 5.13. The van der Waals surface area contributed by atoms with Crippen LogP contribution in [-0.2, 0) is 18.9 Å². The molecular formula is C18H24O4S. The molecule has 0 amide bonds. The fraction of sp³-hybridized carbons (Fsp3) is 0.556. The highest BCUT2D eigenvalue weighted by Crippen LogP contribution is 2.43. The van der Waals surface area contributed by atoms with Crippen molar-refractivity contribution in [2.45, 2.75) is 61.3 Å². The van der Waals surface area contributed by atoms with Gasteiger partial charge in [0, 0.05) is 4.90 Å². The van der Waals surface area contributed by atoms with Gasteiger partial charge in [0.2, 0.25) is 0 Å². The molecule has 4 nitrogen and oxygen atoms in total. The van der Waals surface area contributed by atoms with Crippen LogP contribution < -0.4 is 0 Å². The first kappa shape index (κ1) is 17.0. The zero-order chi connectivity index (χ0) is 16.4. The molecule has 5 atom stereocenters. The lowest BCUT2D eigenvalue weighted by Gasteiger charge is -2.40. The number of thioether (sulfide) groups is 1. The van der Waals surface area contributed by atoms with E-state index in [2.05, 4.69) is 18.7 Å². The Morgan fingerprint density at radius 3 is 2.61 bits per heavy atom. The molecule has 0 N–H and O–H groups in total. The molecule has 2 aliphatic rings. The zero-order valence-corrected chi connectivity index (χ0v) is 14.6. The lowest BCUT2D eigenvalue weighted by atomic mass is 10.0. The van der Waals surface area contributed by atoms with Gasteiger partial charge in [0.05, 0.1) is 12.7 Å². The molecule has 23 heavy (non-hydrogen) atoms. The van der Waals surface area contributed by atoms with Crippen molar-refractivity contribution in [1.82, 2.24) is 0 Å². The predicted octanol–water partition coefficient (Wildman–Crippen LogP) is 3.61. The predicted molar refractivity (Wildman–Crippen MR) is 90.4 cm³/mol. The van der Waals surface area contributed by atoms with Gasteiger partial charge in [-0.05, 0) is 32.9 Å². The second-order valence-electron chi connectivity index (χ2n) is 6.29. The van der Waals surface area contributed by atoms with Crippen molar-refractivity contribution in [1.29, 1.82) is 0 Å². The molecule has 0 aliphatic carbocycles. The van der Waals surface area contributed by atoms with E-state index in [0.29, 0.717) is 6.61 Å². The number of rotatable bonds is 5. The molecule has 5 heteroatoms. The van der Waals surface area contributed by atoms with Crippen molar-refractivity contribution in [2.75, 3.05) is 6.61 Å². The Bertz CT molecular complexity index is 533. The summed E-state index contributed by atoms with van der Waals surface area (Å²) in [4.78, 5) is 1.15. The van der Waals surface area contributed by atoms with Gasteiger partial charge in [0.25, 0.3) is 0 Å². The first-order chi connectivity index (χ1) is 11.0. The van der Waals surface area contributed by atoms with Crippen LogP contribution in [0.1, 0.15) is 20.8 Å². The van der Waals surface area contributed by atoms with E-state index in [9.17, 15) is 0 Å². The highest BCUT2D eigenvalue weighted by atomic mass is 32.2. The first-order valence-corrected chi connectivity index (χ1v) is 8.83. The quantitative estimate of drug-likeness (QED) is 0.768. The van der Waals surface area contributed by atoms with Gasteiger partial charge in [-0.2, -0.15) is 0 Å². The summed E-state index contributed by atoms with van der Waals surface area (Å²) in [5.74, 6) is -0.631. The maximum atomic E-state index is 6.21. The maximum absolute atomic E-state index is 6.21. The third kappa shape index (κ3) is 3.80. The Kier molecular flexibility index (Phi) is 5.13. The SMILES string of the molecule is C=CCO[C@@H]1[C@H]2OC(C)(C)O[C@H]2[C@H](Sc2ccccc2)O[C@H]1C. The maximum Gasteiger partial charge on any atom is 0.164 e. The molecule has 2 saturated heterocycles. The average molecular weight is 336 g/mol. The lowest BCUT2D eigenvalue weighted by Crippen LogP contribution is -2.55.